The number of nitrogens with zero attached hydrogens (tertiary/aromatic N) is 3. The van der Waals surface area contributed by atoms with Gasteiger partial charge in [0.2, 0.25) is 0 Å². The van der Waals surface area contributed by atoms with Gasteiger partial charge in [0.1, 0.15) is 12.4 Å². The lowest BCUT2D eigenvalue weighted by Gasteiger charge is -2.07. The number of aryl methyl sites for hydroxylation is 2. The van der Waals surface area contributed by atoms with Gasteiger partial charge in [-0.3, -0.25) is 4.99 Å². The third kappa shape index (κ3) is 2.47. The summed E-state index contributed by atoms with van der Waals surface area (Å²) >= 11 is 5.76. The summed E-state index contributed by atoms with van der Waals surface area (Å²) < 4.78 is 3.48. The fourth-order valence-electron chi connectivity index (χ4n) is 1.57. The molecule has 0 aliphatic heterocycles. The predicted molar refractivity (Wildman–Crippen MR) is 64.2 cm³/mol. The number of rotatable bonds is 2. The van der Waals surface area contributed by atoms with Crippen LogP contribution in [0.15, 0.2) is 41.7 Å². The second-order valence-corrected chi connectivity index (χ2v) is 4.17. The number of hydrogen-bond donors (Lipinski definition) is 0. The van der Waals surface area contributed by atoms with Gasteiger partial charge in [-0.05, 0) is 24.3 Å². The summed E-state index contributed by atoms with van der Waals surface area (Å²) in [5.74, 6) is 0.252. The van der Waals surface area contributed by atoms with Gasteiger partial charge in [0, 0.05) is 5.02 Å². The largest absolute Gasteiger partial charge is 0.853 e. The zero-order valence-electron chi connectivity index (χ0n) is 9.59. The van der Waals surface area contributed by atoms with Crippen LogP contribution in [0, 0.1) is 0 Å². The lowest BCUT2D eigenvalue weighted by atomic mass is 10.3. The van der Waals surface area contributed by atoms with Crippen molar-refractivity contribution in [2.75, 3.05) is 0 Å². The molecule has 0 amide bonds. The van der Waals surface area contributed by atoms with Gasteiger partial charge in [0.15, 0.2) is 0 Å². The highest BCUT2D eigenvalue weighted by Crippen LogP contribution is 2.16. The zero-order valence-corrected chi connectivity index (χ0v) is 10.3. The Bertz CT molecular complexity index is 538. The van der Waals surface area contributed by atoms with E-state index in [1.807, 2.05) is 26.5 Å². The van der Waals surface area contributed by atoms with E-state index in [0.717, 1.165) is 0 Å². The average Bonchev–Trinajstić information content (AvgIpc) is 2.62. The lowest BCUT2D eigenvalue weighted by molar-refractivity contribution is -0.674. The molecule has 0 N–H and O–H groups in total. The van der Waals surface area contributed by atoms with Crippen molar-refractivity contribution >= 4 is 23.2 Å². The molecule has 17 heavy (non-hydrogen) atoms. The van der Waals surface area contributed by atoms with Gasteiger partial charge < -0.3 is 5.11 Å². The van der Waals surface area contributed by atoms with Crippen molar-refractivity contribution in [1.29, 1.82) is 0 Å². The Morgan fingerprint density at radius 3 is 2.53 bits per heavy atom. The molecule has 1 aromatic heterocycles. The molecular formula is C12H12ClN3O. The molecule has 0 aliphatic rings. The summed E-state index contributed by atoms with van der Waals surface area (Å²) in [5.41, 5.74) is 0.598. The second-order valence-electron chi connectivity index (χ2n) is 3.74. The van der Waals surface area contributed by atoms with Crippen LogP contribution in [0.2, 0.25) is 5.02 Å². The summed E-state index contributed by atoms with van der Waals surface area (Å²) in [6, 6.07) is 6.84. The Labute approximate surface area is 104 Å². The van der Waals surface area contributed by atoms with Crippen LogP contribution >= 0.6 is 11.6 Å². The van der Waals surface area contributed by atoms with Gasteiger partial charge in [-0.15, -0.1) is 0 Å². The van der Waals surface area contributed by atoms with E-state index in [4.69, 9.17) is 11.6 Å². The first-order chi connectivity index (χ1) is 8.08. The van der Waals surface area contributed by atoms with E-state index in [-0.39, 0.29) is 5.90 Å². The molecule has 0 radical (unpaired) electrons. The quantitative estimate of drug-likeness (QED) is 0.444. The molecule has 0 fully saturated rings. The maximum atomic E-state index is 12.0. The smallest absolute Gasteiger partial charge is 0.292 e. The monoisotopic (exact) mass is 249 g/mol. The van der Waals surface area contributed by atoms with Gasteiger partial charge >= 0.3 is 0 Å². The minimum atomic E-state index is -0.276. The number of imidazole rings is 1. The minimum Gasteiger partial charge on any atom is -0.853 e. The fourth-order valence-corrected chi connectivity index (χ4v) is 1.70. The summed E-state index contributed by atoms with van der Waals surface area (Å²) in [7, 11) is 3.62. The molecule has 0 spiro atoms. The summed E-state index contributed by atoms with van der Waals surface area (Å²) in [6.45, 7) is 0. The molecule has 2 aromatic rings. The SMILES string of the molecule is Cn1cc[n+](C)c1/C([O-])=N/c1ccc(Cl)cc1. The predicted octanol–water partition coefficient (Wildman–Crippen LogP) is 0.942. The molecule has 1 aromatic carbocycles. The van der Waals surface area contributed by atoms with E-state index in [9.17, 15) is 5.11 Å². The Hall–Kier alpha value is -1.81. The Kier molecular flexibility index (Phi) is 3.15. The molecule has 0 atom stereocenters. The van der Waals surface area contributed by atoms with Gasteiger partial charge in [0.25, 0.3) is 5.82 Å². The van der Waals surface area contributed by atoms with Gasteiger partial charge in [-0.1, -0.05) is 11.6 Å². The molecule has 0 aliphatic carbocycles. The van der Waals surface area contributed by atoms with Crippen LogP contribution in [0.3, 0.4) is 0 Å². The number of hydrogen-bond acceptors (Lipinski definition) is 2. The van der Waals surface area contributed by atoms with Crippen LogP contribution in [0.25, 0.3) is 0 Å². The molecule has 0 saturated heterocycles. The summed E-state index contributed by atoms with van der Waals surface area (Å²) in [4.78, 5) is 4.03. The van der Waals surface area contributed by atoms with Gasteiger partial charge in [0.05, 0.1) is 25.7 Å². The Morgan fingerprint density at radius 2 is 2.00 bits per heavy atom. The highest BCUT2D eigenvalue weighted by molar-refractivity contribution is 6.30. The van der Waals surface area contributed by atoms with Gasteiger partial charge in [-0.2, -0.15) is 0 Å². The normalized spacial score (nSPS) is 11.8. The second kappa shape index (κ2) is 4.59. The maximum Gasteiger partial charge on any atom is 0.292 e. The molecule has 0 unspecified atom stereocenters. The van der Waals surface area contributed by atoms with Crippen molar-refractivity contribution in [2.24, 2.45) is 19.1 Å². The van der Waals surface area contributed by atoms with Crippen LogP contribution in [0.4, 0.5) is 5.69 Å². The van der Waals surface area contributed by atoms with Crippen molar-refractivity contribution in [1.82, 2.24) is 4.57 Å². The topological polar surface area (TPSA) is 44.2 Å². The van der Waals surface area contributed by atoms with E-state index in [1.165, 1.54) is 0 Å². The van der Waals surface area contributed by atoms with Crippen LogP contribution in [-0.4, -0.2) is 10.5 Å². The first-order valence-electron chi connectivity index (χ1n) is 5.10. The third-order valence-corrected chi connectivity index (χ3v) is 2.68. The molecular weight excluding hydrogens is 238 g/mol. The van der Waals surface area contributed by atoms with E-state index in [1.54, 1.807) is 33.4 Å². The number of benzene rings is 1. The first-order valence-corrected chi connectivity index (χ1v) is 5.48. The van der Waals surface area contributed by atoms with E-state index in [2.05, 4.69) is 4.99 Å². The van der Waals surface area contributed by atoms with Crippen molar-refractivity contribution < 1.29 is 9.67 Å². The molecule has 4 nitrogen and oxygen atoms in total. The first kappa shape index (κ1) is 11.7. The maximum absolute atomic E-state index is 12.0. The molecule has 0 saturated carbocycles. The van der Waals surface area contributed by atoms with Crippen LogP contribution < -0.4 is 9.67 Å². The standard InChI is InChI=1S/C12H12ClN3O/c1-15-7-8-16(2)12(15)11(17)14-10-5-3-9(13)4-6-10/h3-8H,1-2H3. The van der Waals surface area contributed by atoms with Crippen LogP contribution in [-0.2, 0) is 14.1 Å². The Morgan fingerprint density at radius 1 is 1.35 bits per heavy atom. The number of halogens is 1. The third-order valence-electron chi connectivity index (χ3n) is 2.43. The Balaban J connectivity index is 2.37. The van der Waals surface area contributed by atoms with E-state index >= 15 is 0 Å². The number of aliphatic imine (C=N–C) groups is 1. The zero-order chi connectivity index (χ0) is 12.4. The molecule has 0 bridgehead atoms. The average molecular weight is 250 g/mol. The summed E-state index contributed by atoms with van der Waals surface area (Å²) in [5, 5.41) is 12.6. The van der Waals surface area contributed by atoms with Crippen LogP contribution in [0.5, 0.6) is 0 Å². The van der Waals surface area contributed by atoms with Crippen molar-refractivity contribution in [2.45, 2.75) is 0 Å². The molecule has 2 rings (SSSR count). The fraction of sp³-hybridized carbons (Fsp3) is 0.167. The molecule has 1 heterocycles. The molecule has 88 valence electrons. The van der Waals surface area contributed by atoms with E-state index < -0.39 is 0 Å². The lowest BCUT2D eigenvalue weighted by Crippen LogP contribution is -2.39. The van der Waals surface area contributed by atoms with Crippen molar-refractivity contribution in [3.8, 4) is 0 Å². The minimum absolute atomic E-state index is 0.276. The highest BCUT2D eigenvalue weighted by atomic mass is 35.5. The molecule has 5 heteroatoms. The van der Waals surface area contributed by atoms with E-state index in [0.29, 0.717) is 16.5 Å². The van der Waals surface area contributed by atoms with Crippen LogP contribution in [0.1, 0.15) is 5.82 Å². The van der Waals surface area contributed by atoms with Crippen molar-refractivity contribution in [3.63, 3.8) is 0 Å². The highest BCUT2D eigenvalue weighted by Gasteiger charge is 2.10. The van der Waals surface area contributed by atoms with Crippen molar-refractivity contribution in [3.05, 3.63) is 47.5 Å². The van der Waals surface area contributed by atoms with Gasteiger partial charge in [-0.25, -0.2) is 9.13 Å². The number of aromatic nitrogens is 2. The summed E-state index contributed by atoms with van der Waals surface area (Å²) in [6.07, 6.45) is 3.62.